The average molecular weight is 320 g/mol. The zero-order valence-corrected chi connectivity index (χ0v) is 14.0. The molecule has 2 aliphatic carbocycles. The van der Waals surface area contributed by atoms with Crippen molar-refractivity contribution in [3.8, 4) is 0 Å². The molecule has 0 aromatic carbocycles. The molecule has 1 heterocycles. The van der Waals surface area contributed by atoms with Crippen molar-refractivity contribution in [2.45, 2.75) is 64.3 Å². The van der Waals surface area contributed by atoms with Gasteiger partial charge in [0.15, 0.2) is 0 Å². The van der Waals surface area contributed by atoms with E-state index < -0.39 is 6.10 Å². The molecular weight excluding hydrogens is 292 g/mol. The van der Waals surface area contributed by atoms with E-state index in [1.165, 1.54) is 5.57 Å². The molecule has 1 fully saturated rings. The summed E-state index contributed by atoms with van der Waals surface area (Å²) in [7, 11) is 0. The van der Waals surface area contributed by atoms with Crippen LogP contribution < -0.4 is 0 Å². The van der Waals surface area contributed by atoms with Gasteiger partial charge in [-0.15, -0.1) is 0 Å². The molecule has 0 amide bonds. The van der Waals surface area contributed by atoms with E-state index in [1.807, 2.05) is 0 Å². The van der Waals surface area contributed by atoms with Gasteiger partial charge in [0, 0.05) is 12.3 Å². The normalized spacial score (nSPS) is 43.6. The highest BCUT2D eigenvalue weighted by molar-refractivity contribution is 5.70. The number of carbonyl (C=O) groups is 1. The quantitative estimate of drug-likeness (QED) is 0.785. The Morgan fingerprint density at radius 3 is 2.74 bits per heavy atom. The number of ether oxygens (including phenoxy) is 1. The largest absolute Gasteiger partial charge is 0.462 e. The molecule has 4 heteroatoms. The van der Waals surface area contributed by atoms with E-state index in [2.05, 4.69) is 32.1 Å². The minimum absolute atomic E-state index is 0.116. The van der Waals surface area contributed by atoms with Gasteiger partial charge in [0.25, 0.3) is 0 Å². The Balaban J connectivity index is 1.67. The van der Waals surface area contributed by atoms with Crippen molar-refractivity contribution >= 4 is 5.97 Å². The highest BCUT2D eigenvalue weighted by atomic mass is 16.5. The predicted molar refractivity (Wildman–Crippen MR) is 87.5 cm³/mol. The molecule has 2 N–H and O–H groups in total. The molecule has 1 aliphatic heterocycles. The smallest absolute Gasteiger partial charge is 0.308 e. The van der Waals surface area contributed by atoms with E-state index >= 15 is 0 Å². The van der Waals surface area contributed by atoms with E-state index in [9.17, 15) is 15.0 Å². The number of hydrogen-bond acceptors (Lipinski definition) is 4. The number of aliphatic hydroxyl groups is 2. The first-order valence-electron chi connectivity index (χ1n) is 8.89. The van der Waals surface area contributed by atoms with Gasteiger partial charge in [-0.1, -0.05) is 32.1 Å². The number of cyclic esters (lactones) is 1. The fourth-order valence-corrected chi connectivity index (χ4v) is 4.55. The number of esters is 1. The van der Waals surface area contributed by atoms with Crippen molar-refractivity contribution < 1.29 is 19.7 Å². The Labute approximate surface area is 138 Å². The molecule has 3 rings (SSSR count). The van der Waals surface area contributed by atoms with Gasteiger partial charge in [-0.2, -0.15) is 0 Å². The maximum absolute atomic E-state index is 11.5. The Kier molecular flexibility index (Phi) is 4.93. The Morgan fingerprint density at radius 1 is 1.22 bits per heavy atom. The van der Waals surface area contributed by atoms with E-state index in [1.54, 1.807) is 0 Å². The van der Waals surface area contributed by atoms with Crippen LogP contribution in [-0.4, -0.2) is 34.5 Å². The number of aliphatic hydroxyl groups excluding tert-OH is 2. The highest BCUT2D eigenvalue weighted by Gasteiger charge is 2.39. The molecule has 1 unspecified atom stereocenters. The Hall–Kier alpha value is -1.13. The minimum Gasteiger partial charge on any atom is -0.462 e. The third-order valence-corrected chi connectivity index (χ3v) is 5.68. The molecule has 23 heavy (non-hydrogen) atoms. The first kappa shape index (κ1) is 16.7. The third-order valence-electron chi connectivity index (χ3n) is 5.68. The molecule has 128 valence electrons. The van der Waals surface area contributed by atoms with Crippen LogP contribution in [-0.2, 0) is 9.53 Å². The lowest BCUT2D eigenvalue weighted by atomic mass is 9.65. The van der Waals surface area contributed by atoms with Gasteiger partial charge in [-0.25, -0.2) is 0 Å². The zero-order valence-electron chi connectivity index (χ0n) is 14.0. The van der Waals surface area contributed by atoms with Crippen LogP contribution in [0.5, 0.6) is 0 Å². The van der Waals surface area contributed by atoms with Crippen LogP contribution in [0.4, 0.5) is 0 Å². The van der Waals surface area contributed by atoms with E-state index in [-0.39, 0.29) is 30.5 Å². The summed E-state index contributed by atoms with van der Waals surface area (Å²) in [6.45, 7) is 4.35. The summed E-state index contributed by atoms with van der Waals surface area (Å²) < 4.78 is 5.37. The molecule has 0 spiro atoms. The lowest BCUT2D eigenvalue weighted by Crippen LogP contribution is -2.39. The lowest BCUT2D eigenvalue weighted by molar-refractivity contribution is -0.160. The van der Waals surface area contributed by atoms with Crippen LogP contribution in [0, 0.1) is 23.7 Å². The number of rotatable bonds is 3. The van der Waals surface area contributed by atoms with Crippen molar-refractivity contribution in [3.05, 3.63) is 23.8 Å². The summed E-state index contributed by atoms with van der Waals surface area (Å²) in [5.74, 6) is 1.09. The highest BCUT2D eigenvalue weighted by Crippen LogP contribution is 2.43. The third kappa shape index (κ3) is 3.69. The molecule has 0 bridgehead atoms. The van der Waals surface area contributed by atoms with Gasteiger partial charge in [-0.3, -0.25) is 4.79 Å². The van der Waals surface area contributed by atoms with Crippen LogP contribution in [0.3, 0.4) is 0 Å². The van der Waals surface area contributed by atoms with Crippen molar-refractivity contribution in [1.29, 1.82) is 0 Å². The van der Waals surface area contributed by atoms with Crippen LogP contribution in [0.2, 0.25) is 0 Å². The first-order chi connectivity index (χ1) is 10.9. The van der Waals surface area contributed by atoms with E-state index in [0.717, 1.165) is 19.3 Å². The molecule has 7 atom stereocenters. The summed E-state index contributed by atoms with van der Waals surface area (Å²) in [4.78, 5) is 11.5. The summed E-state index contributed by atoms with van der Waals surface area (Å²) in [5.41, 5.74) is 1.26. The van der Waals surface area contributed by atoms with Gasteiger partial charge in [-0.05, 0) is 42.6 Å². The van der Waals surface area contributed by atoms with E-state index in [0.29, 0.717) is 24.2 Å². The molecule has 1 saturated heterocycles. The van der Waals surface area contributed by atoms with E-state index in [4.69, 9.17) is 4.74 Å². The minimum atomic E-state index is -0.568. The second-order valence-corrected chi connectivity index (χ2v) is 7.64. The van der Waals surface area contributed by atoms with Crippen molar-refractivity contribution in [2.75, 3.05) is 0 Å². The second-order valence-electron chi connectivity index (χ2n) is 7.64. The molecule has 4 nitrogen and oxygen atoms in total. The maximum Gasteiger partial charge on any atom is 0.308 e. The van der Waals surface area contributed by atoms with Crippen molar-refractivity contribution in [1.82, 2.24) is 0 Å². The summed E-state index contributed by atoms with van der Waals surface area (Å²) in [6, 6.07) is 0. The Bertz CT molecular complexity index is 509. The standard InChI is InChI=1S/C19H28O4/c1-11-7-13-4-3-12(2)16(19(13)17(21)8-11)6-5-15-9-14(20)10-18(22)23-15/h3-4,7,11-12,14-17,19-21H,5-6,8-10H2,1-2H3/t11-,12-,14+,15+,16-,17-,19?/m0/s1. The van der Waals surface area contributed by atoms with Crippen LogP contribution in [0.25, 0.3) is 0 Å². The SMILES string of the molecule is C[C@H]1C=C2C=C[C@H](C)[C@H](CC[C@@H]3C[C@@H](O)CC(=O)O3)C2[C@@H](O)C1. The zero-order chi connectivity index (χ0) is 16.6. The lowest BCUT2D eigenvalue weighted by Gasteiger charge is -2.42. The number of carbonyl (C=O) groups excluding carboxylic acids is 1. The molecule has 0 aromatic heterocycles. The average Bonchev–Trinajstić information content (AvgIpc) is 2.45. The molecule has 0 aromatic rings. The second kappa shape index (κ2) is 6.78. The molecule has 3 aliphatic rings. The monoisotopic (exact) mass is 320 g/mol. The van der Waals surface area contributed by atoms with Gasteiger partial charge in [0.05, 0.1) is 18.6 Å². The topological polar surface area (TPSA) is 66.8 Å². The predicted octanol–water partition coefficient (Wildman–Crippen LogP) is 2.60. The van der Waals surface area contributed by atoms with Crippen molar-refractivity contribution in [2.24, 2.45) is 23.7 Å². The number of allylic oxidation sites excluding steroid dienone is 3. The number of fused-ring (bicyclic) bond motifs is 1. The van der Waals surface area contributed by atoms with Gasteiger partial charge in [0.2, 0.25) is 0 Å². The van der Waals surface area contributed by atoms with Crippen molar-refractivity contribution in [3.63, 3.8) is 0 Å². The molecule has 0 saturated carbocycles. The fourth-order valence-electron chi connectivity index (χ4n) is 4.55. The van der Waals surface area contributed by atoms with Gasteiger partial charge < -0.3 is 14.9 Å². The molecular formula is C19H28O4. The van der Waals surface area contributed by atoms with Crippen LogP contribution in [0.15, 0.2) is 23.8 Å². The summed E-state index contributed by atoms with van der Waals surface area (Å²) >= 11 is 0. The first-order valence-corrected chi connectivity index (χ1v) is 8.89. The van der Waals surface area contributed by atoms with Gasteiger partial charge in [0.1, 0.15) is 6.10 Å². The van der Waals surface area contributed by atoms with Crippen LogP contribution in [0.1, 0.15) is 46.0 Å². The molecule has 0 radical (unpaired) electrons. The van der Waals surface area contributed by atoms with Gasteiger partial charge >= 0.3 is 5.97 Å². The van der Waals surface area contributed by atoms with Crippen LogP contribution >= 0.6 is 0 Å². The Morgan fingerprint density at radius 2 is 2.00 bits per heavy atom. The maximum atomic E-state index is 11.5. The fraction of sp³-hybridized carbons (Fsp3) is 0.737. The summed E-state index contributed by atoms with van der Waals surface area (Å²) in [5, 5.41) is 20.3. The summed E-state index contributed by atoms with van der Waals surface area (Å²) in [6.07, 6.45) is 8.80. The number of hydrogen-bond donors (Lipinski definition) is 2.